The van der Waals surface area contributed by atoms with Crippen LogP contribution in [-0.2, 0) is 0 Å². The topological polar surface area (TPSA) is 103 Å². The Kier molecular flexibility index (Phi) is 5.33. The summed E-state index contributed by atoms with van der Waals surface area (Å²) in [5.41, 5.74) is 1.57. The fourth-order valence-electron chi connectivity index (χ4n) is 2.32. The Morgan fingerprint density at radius 2 is 2.04 bits per heavy atom. The van der Waals surface area contributed by atoms with Gasteiger partial charge in [-0.2, -0.15) is 0 Å². The molecule has 134 valence electrons. The molecule has 0 aliphatic heterocycles. The predicted octanol–water partition coefficient (Wildman–Crippen LogP) is 4.18. The van der Waals surface area contributed by atoms with E-state index >= 15 is 0 Å². The van der Waals surface area contributed by atoms with Gasteiger partial charge in [-0.1, -0.05) is 41.9 Å². The predicted molar refractivity (Wildman–Crippen MR) is 96.4 cm³/mol. The lowest BCUT2D eigenvalue weighted by Crippen LogP contribution is -2.23. The molecule has 0 fully saturated rings. The molecular formula is C17H15ClN4O4. The second kappa shape index (κ2) is 7.83. The number of nitrogens with zero attached hydrogens (tertiary/aromatic N) is 3. The van der Waals surface area contributed by atoms with Crippen molar-refractivity contribution in [2.45, 2.75) is 13.0 Å². The van der Waals surface area contributed by atoms with E-state index in [-0.39, 0.29) is 17.7 Å². The smallest absolute Gasteiger partial charge is 0.293 e. The third-order valence-corrected chi connectivity index (χ3v) is 3.79. The first kappa shape index (κ1) is 17.7. The third-order valence-electron chi connectivity index (χ3n) is 3.55. The number of nitro benzene ring substituents is 1. The average Bonchev–Trinajstić information content (AvgIpc) is 3.09. The van der Waals surface area contributed by atoms with Gasteiger partial charge < -0.3 is 10.1 Å². The molecule has 0 saturated heterocycles. The van der Waals surface area contributed by atoms with Crippen LogP contribution in [0.5, 0.6) is 5.88 Å². The molecular weight excluding hydrogens is 360 g/mol. The SMILES string of the molecule is C[C@@H](CNc1ccc(Cl)cc1[N+](=O)[O-])Oc1nonc1-c1ccccc1. The van der Waals surface area contributed by atoms with Gasteiger partial charge >= 0.3 is 0 Å². The van der Waals surface area contributed by atoms with Gasteiger partial charge in [0.25, 0.3) is 11.6 Å². The van der Waals surface area contributed by atoms with Gasteiger partial charge in [0, 0.05) is 16.7 Å². The summed E-state index contributed by atoms with van der Waals surface area (Å²) in [6, 6.07) is 13.8. The zero-order valence-corrected chi connectivity index (χ0v) is 14.5. The van der Waals surface area contributed by atoms with Crippen molar-refractivity contribution in [3.63, 3.8) is 0 Å². The number of hydrogen-bond acceptors (Lipinski definition) is 7. The van der Waals surface area contributed by atoms with Gasteiger partial charge in [0.1, 0.15) is 11.8 Å². The van der Waals surface area contributed by atoms with E-state index in [0.717, 1.165) is 5.56 Å². The summed E-state index contributed by atoms with van der Waals surface area (Å²) in [5.74, 6) is 0.260. The summed E-state index contributed by atoms with van der Waals surface area (Å²) in [5, 5.41) is 22.1. The summed E-state index contributed by atoms with van der Waals surface area (Å²) < 4.78 is 10.5. The Labute approximate surface area is 153 Å². The molecule has 8 nitrogen and oxygen atoms in total. The standard InChI is InChI=1S/C17H15ClN4O4/c1-11(10-19-14-8-7-13(18)9-15(14)22(23)24)25-17-16(20-26-21-17)12-5-3-2-4-6-12/h2-9,11,19H,10H2,1H3/t11-/m0/s1. The highest BCUT2D eigenvalue weighted by atomic mass is 35.5. The van der Waals surface area contributed by atoms with E-state index in [1.54, 1.807) is 19.1 Å². The zero-order valence-electron chi connectivity index (χ0n) is 13.8. The van der Waals surface area contributed by atoms with Crippen LogP contribution < -0.4 is 10.1 Å². The number of benzene rings is 2. The van der Waals surface area contributed by atoms with Crippen LogP contribution >= 0.6 is 11.6 Å². The van der Waals surface area contributed by atoms with Crippen LogP contribution in [-0.4, -0.2) is 27.9 Å². The summed E-state index contributed by atoms with van der Waals surface area (Å²) in [4.78, 5) is 10.6. The van der Waals surface area contributed by atoms with E-state index in [1.165, 1.54) is 6.07 Å². The maximum absolute atomic E-state index is 11.1. The molecule has 0 unspecified atom stereocenters. The lowest BCUT2D eigenvalue weighted by atomic mass is 10.2. The van der Waals surface area contributed by atoms with Crippen molar-refractivity contribution in [1.29, 1.82) is 0 Å². The van der Waals surface area contributed by atoms with Crippen LogP contribution in [0.25, 0.3) is 11.3 Å². The number of anilines is 1. The van der Waals surface area contributed by atoms with Crippen LogP contribution in [0.1, 0.15) is 6.92 Å². The van der Waals surface area contributed by atoms with Crippen LogP contribution in [0.2, 0.25) is 5.02 Å². The number of nitro groups is 1. The summed E-state index contributed by atoms with van der Waals surface area (Å²) >= 11 is 5.81. The molecule has 0 radical (unpaired) electrons. The third kappa shape index (κ3) is 4.09. The molecule has 3 aromatic rings. The average molecular weight is 375 g/mol. The van der Waals surface area contributed by atoms with Crippen LogP contribution in [0.3, 0.4) is 0 Å². The first-order chi connectivity index (χ1) is 12.5. The second-order valence-electron chi connectivity index (χ2n) is 5.51. The number of nitrogens with one attached hydrogen (secondary N) is 1. The molecule has 1 atom stereocenters. The largest absolute Gasteiger partial charge is 0.469 e. The molecule has 1 N–H and O–H groups in total. The van der Waals surface area contributed by atoms with Gasteiger partial charge in [-0.15, -0.1) is 0 Å². The van der Waals surface area contributed by atoms with E-state index in [0.29, 0.717) is 22.9 Å². The highest BCUT2D eigenvalue weighted by Gasteiger charge is 2.18. The van der Waals surface area contributed by atoms with Gasteiger partial charge in [-0.3, -0.25) is 10.1 Å². The Hall–Kier alpha value is -3.13. The van der Waals surface area contributed by atoms with Crippen molar-refractivity contribution in [2.75, 3.05) is 11.9 Å². The van der Waals surface area contributed by atoms with E-state index in [2.05, 4.69) is 15.6 Å². The van der Waals surface area contributed by atoms with Crippen LogP contribution in [0, 0.1) is 10.1 Å². The maximum Gasteiger partial charge on any atom is 0.293 e. The van der Waals surface area contributed by atoms with Gasteiger partial charge in [0.05, 0.1) is 11.5 Å². The van der Waals surface area contributed by atoms with Crippen molar-refractivity contribution in [3.8, 4) is 17.1 Å². The fraction of sp³-hybridized carbons (Fsp3) is 0.176. The number of halogens is 1. The summed E-state index contributed by atoms with van der Waals surface area (Å²) in [6.07, 6.45) is -0.348. The molecule has 26 heavy (non-hydrogen) atoms. The van der Waals surface area contributed by atoms with E-state index in [1.807, 2.05) is 30.3 Å². The minimum atomic E-state index is -0.491. The van der Waals surface area contributed by atoms with Crippen molar-refractivity contribution in [2.24, 2.45) is 0 Å². The summed E-state index contributed by atoms with van der Waals surface area (Å²) in [6.45, 7) is 2.11. The number of ether oxygens (including phenoxy) is 1. The molecule has 0 amide bonds. The minimum Gasteiger partial charge on any atom is -0.469 e. The Bertz CT molecular complexity index is 901. The fourth-order valence-corrected chi connectivity index (χ4v) is 2.49. The molecule has 0 aliphatic rings. The molecule has 0 saturated carbocycles. The van der Waals surface area contributed by atoms with E-state index in [9.17, 15) is 10.1 Å². The first-order valence-electron chi connectivity index (χ1n) is 7.77. The lowest BCUT2D eigenvalue weighted by molar-refractivity contribution is -0.383. The van der Waals surface area contributed by atoms with Crippen molar-refractivity contribution >= 4 is 23.0 Å². The first-order valence-corrected chi connectivity index (χ1v) is 8.15. The Morgan fingerprint density at radius 3 is 2.77 bits per heavy atom. The van der Waals surface area contributed by atoms with Crippen molar-refractivity contribution < 1.29 is 14.3 Å². The summed E-state index contributed by atoms with van der Waals surface area (Å²) in [7, 11) is 0. The molecule has 1 heterocycles. The molecule has 0 spiro atoms. The van der Waals surface area contributed by atoms with Gasteiger partial charge in [0.15, 0.2) is 5.69 Å². The molecule has 1 aromatic heterocycles. The van der Waals surface area contributed by atoms with Crippen molar-refractivity contribution in [1.82, 2.24) is 10.3 Å². The van der Waals surface area contributed by atoms with Gasteiger partial charge in [-0.25, -0.2) is 4.63 Å². The van der Waals surface area contributed by atoms with Crippen LogP contribution in [0.4, 0.5) is 11.4 Å². The lowest BCUT2D eigenvalue weighted by Gasteiger charge is -2.14. The number of aromatic nitrogens is 2. The highest BCUT2D eigenvalue weighted by Crippen LogP contribution is 2.29. The Balaban J connectivity index is 1.67. The molecule has 3 rings (SSSR count). The Morgan fingerprint density at radius 1 is 1.27 bits per heavy atom. The molecule has 0 bridgehead atoms. The van der Waals surface area contributed by atoms with Crippen molar-refractivity contribution in [3.05, 3.63) is 63.7 Å². The number of rotatable bonds is 7. The highest BCUT2D eigenvalue weighted by molar-refractivity contribution is 6.30. The zero-order chi connectivity index (χ0) is 18.5. The maximum atomic E-state index is 11.1. The quantitative estimate of drug-likeness (QED) is 0.488. The monoisotopic (exact) mass is 374 g/mol. The van der Waals surface area contributed by atoms with E-state index < -0.39 is 4.92 Å². The molecule has 0 aliphatic carbocycles. The van der Waals surface area contributed by atoms with Gasteiger partial charge in [0.2, 0.25) is 0 Å². The normalized spacial score (nSPS) is 11.8. The van der Waals surface area contributed by atoms with E-state index in [4.69, 9.17) is 21.0 Å². The number of hydrogen-bond donors (Lipinski definition) is 1. The minimum absolute atomic E-state index is 0.0993. The van der Waals surface area contributed by atoms with Gasteiger partial charge in [-0.05, 0) is 29.4 Å². The molecule has 9 heteroatoms. The second-order valence-corrected chi connectivity index (χ2v) is 5.95. The van der Waals surface area contributed by atoms with Crippen LogP contribution in [0.15, 0.2) is 53.2 Å². The molecule has 2 aromatic carbocycles.